The molecule has 0 aromatic carbocycles. The second kappa shape index (κ2) is 5.07. The minimum Gasteiger partial charge on any atom is -0.378 e. The zero-order valence-corrected chi connectivity index (χ0v) is 10.7. The molecule has 2 fully saturated rings. The highest BCUT2D eigenvalue weighted by atomic mass is 32.2. The van der Waals surface area contributed by atoms with E-state index in [1.165, 1.54) is 38.6 Å². The van der Waals surface area contributed by atoms with Gasteiger partial charge in [0.2, 0.25) is 0 Å². The van der Waals surface area contributed by atoms with Crippen LogP contribution in [-0.4, -0.2) is 29.4 Å². The fourth-order valence-electron chi connectivity index (χ4n) is 2.68. The van der Waals surface area contributed by atoms with Crippen molar-refractivity contribution < 1.29 is 4.74 Å². The quantitative estimate of drug-likeness (QED) is 0.787. The van der Waals surface area contributed by atoms with Crippen molar-refractivity contribution in [2.75, 3.05) is 13.2 Å². The standard InChI is InChI=1S/C12H23NOS/c1-3-4-11-9-12(6-8-14-11)13-7-5-10(2)15-12/h10-11,13H,3-9H2,1-2H3. The maximum atomic E-state index is 5.83. The highest BCUT2D eigenvalue weighted by molar-refractivity contribution is 8.01. The minimum atomic E-state index is 0.343. The summed E-state index contributed by atoms with van der Waals surface area (Å²) in [6, 6.07) is 0. The lowest BCUT2D eigenvalue weighted by Crippen LogP contribution is -2.53. The van der Waals surface area contributed by atoms with Crippen LogP contribution in [0.5, 0.6) is 0 Å². The van der Waals surface area contributed by atoms with Gasteiger partial charge in [-0.3, -0.25) is 0 Å². The van der Waals surface area contributed by atoms with Crippen LogP contribution in [0.4, 0.5) is 0 Å². The summed E-state index contributed by atoms with van der Waals surface area (Å²) in [5.41, 5.74) is 0. The molecule has 2 rings (SSSR count). The van der Waals surface area contributed by atoms with Gasteiger partial charge in [-0.25, -0.2) is 0 Å². The first-order valence-electron chi connectivity index (χ1n) is 6.28. The van der Waals surface area contributed by atoms with Gasteiger partial charge in [-0.2, -0.15) is 0 Å². The van der Waals surface area contributed by atoms with E-state index in [-0.39, 0.29) is 0 Å². The van der Waals surface area contributed by atoms with Gasteiger partial charge in [0, 0.05) is 18.3 Å². The molecule has 0 aromatic rings. The Morgan fingerprint density at radius 3 is 3.13 bits per heavy atom. The third-order valence-electron chi connectivity index (χ3n) is 3.45. The van der Waals surface area contributed by atoms with Crippen molar-refractivity contribution in [3.8, 4) is 0 Å². The van der Waals surface area contributed by atoms with Gasteiger partial charge in [0.1, 0.15) is 0 Å². The molecule has 0 aliphatic carbocycles. The van der Waals surface area contributed by atoms with Crippen molar-refractivity contribution in [2.45, 2.75) is 62.2 Å². The Hall–Kier alpha value is 0.270. The van der Waals surface area contributed by atoms with Gasteiger partial charge >= 0.3 is 0 Å². The first kappa shape index (κ1) is 11.7. The third-order valence-corrected chi connectivity index (χ3v) is 5.06. The van der Waals surface area contributed by atoms with Crippen LogP contribution >= 0.6 is 11.8 Å². The Morgan fingerprint density at radius 1 is 1.53 bits per heavy atom. The number of thioether (sulfide) groups is 1. The van der Waals surface area contributed by atoms with Gasteiger partial charge < -0.3 is 10.1 Å². The van der Waals surface area contributed by atoms with Crippen molar-refractivity contribution >= 4 is 11.8 Å². The summed E-state index contributed by atoms with van der Waals surface area (Å²) in [6.45, 7) is 6.73. The van der Waals surface area contributed by atoms with Crippen LogP contribution in [-0.2, 0) is 4.74 Å². The van der Waals surface area contributed by atoms with E-state index in [0.29, 0.717) is 11.0 Å². The minimum absolute atomic E-state index is 0.343. The average Bonchev–Trinajstić information content (AvgIpc) is 2.17. The first-order valence-corrected chi connectivity index (χ1v) is 7.16. The maximum Gasteiger partial charge on any atom is 0.0694 e. The van der Waals surface area contributed by atoms with Crippen LogP contribution in [0.1, 0.15) is 46.0 Å². The third kappa shape index (κ3) is 2.89. The zero-order valence-electron chi connectivity index (χ0n) is 9.92. The van der Waals surface area contributed by atoms with Gasteiger partial charge in [0.25, 0.3) is 0 Å². The van der Waals surface area contributed by atoms with Crippen molar-refractivity contribution in [1.82, 2.24) is 5.32 Å². The molecule has 15 heavy (non-hydrogen) atoms. The molecule has 0 aromatic heterocycles. The van der Waals surface area contributed by atoms with Gasteiger partial charge in [0.15, 0.2) is 0 Å². The molecule has 3 unspecified atom stereocenters. The Morgan fingerprint density at radius 2 is 2.40 bits per heavy atom. The fraction of sp³-hybridized carbons (Fsp3) is 1.00. The van der Waals surface area contributed by atoms with E-state index in [9.17, 15) is 0 Å². The van der Waals surface area contributed by atoms with E-state index in [1.54, 1.807) is 0 Å². The average molecular weight is 229 g/mol. The molecule has 3 atom stereocenters. The summed E-state index contributed by atoms with van der Waals surface area (Å²) in [5.74, 6) is 0. The number of nitrogens with one attached hydrogen (secondary N) is 1. The Labute approximate surface area is 97.5 Å². The molecule has 2 aliphatic rings. The van der Waals surface area contributed by atoms with Crippen LogP contribution in [0.3, 0.4) is 0 Å². The van der Waals surface area contributed by atoms with Gasteiger partial charge in [-0.15, -0.1) is 11.8 Å². The monoisotopic (exact) mass is 229 g/mol. The van der Waals surface area contributed by atoms with Gasteiger partial charge in [-0.1, -0.05) is 20.3 Å². The predicted molar refractivity (Wildman–Crippen MR) is 66.3 cm³/mol. The highest BCUT2D eigenvalue weighted by Gasteiger charge is 2.40. The molecule has 0 radical (unpaired) electrons. The lowest BCUT2D eigenvalue weighted by Gasteiger charge is -2.45. The summed E-state index contributed by atoms with van der Waals surface area (Å²) in [4.78, 5) is 0.343. The van der Waals surface area contributed by atoms with Crippen molar-refractivity contribution in [3.05, 3.63) is 0 Å². The molecule has 0 amide bonds. The molecule has 3 heteroatoms. The summed E-state index contributed by atoms with van der Waals surface area (Å²) in [5, 5.41) is 4.55. The van der Waals surface area contributed by atoms with Crippen LogP contribution in [0.15, 0.2) is 0 Å². The fourth-order valence-corrected chi connectivity index (χ4v) is 4.36. The molecule has 0 bridgehead atoms. The number of rotatable bonds is 2. The smallest absolute Gasteiger partial charge is 0.0694 e. The van der Waals surface area contributed by atoms with E-state index >= 15 is 0 Å². The topological polar surface area (TPSA) is 21.3 Å². The van der Waals surface area contributed by atoms with Gasteiger partial charge in [0.05, 0.1) is 11.0 Å². The molecule has 2 aliphatic heterocycles. The van der Waals surface area contributed by atoms with Gasteiger partial charge in [-0.05, 0) is 25.8 Å². The zero-order chi connectivity index (χ0) is 10.7. The summed E-state index contributed by atoms with van der Waals surface area (Å²) < 4.78 is 5.83. The van der Waals surface area contributed by atoms with Crippen LogP contribution in [0, 0.1) is 0 Å². The molecule has 2 saturated heterocycles. The lowest BCUT2D eigenvalue weighted by atomic mass is 9.99. The predicted octanol–water partition coefficient (Wildman–Crippen LogP) is 2.78. The van der Waals surface area contributed by atoms with Crippen LogP contribution < -0.4 is 5.32 Å². The van der Waals surface area contributed by atoms with E-state index in [0.717, 1.165) is 11.9 Å². The van der Waals surface area contributed by atoms with E-state index in [4.69, 9.17) is 4.74 Å². The first-order chi connectivity index (χ1) is 7.24. The van der Waals surface area contributed by atoms with Crippen LogP contribution in [0.25, 0.3) is 0 Å². The molecule has 1 spiro atoms. The van der Waals surface area contributed by atoms with E-state index in [1.807, 2.05) is 0 Å². The number of hydrogen-bond donors (Lipinski definition) is 1. The van der Waals surface area contributed by atoms with Crippen molar-refractivity contribution in [3.63, 3.8) is 0 Å². The molecule has 2 nitrogen and oxygen atoms in total. The van der Waals surface area contributed by atoms with Crippen LogP contribution in [0.2, 0.25) is 0 Å². The maximum absolute atomic E-state index is 5.83. The Bertz CT molecular complexity index is 206. The Balaban J connectivity index is 1.94. The molecule has 88 valence electrons. The largest absolute Gasteiger partial charge is 0.378 e. The highest BCUT2D eigenvalue weighted by Crippen LogP contribution is 2.41. The van der Waals surface area contributed by atoms with E-state index < -0.39 is 0 Å². The summed E-state index contributed by atoms with van der Waals surface area (Å²) >= 11 is 2.15. The SMILES string of the molecule is CCCC1CC2(CCO1)NCCC(C)S2. The second-order valence-corrected chi connectivity index (χ2v) is 6.70. The van der Waals surface area contributed by atoms with E-state index in [2.05, 4.69) is 30.9 Å². The number of hydrogen-bond acceptors (Lipinski definition) is 3. The normalized spacial score (nSPS) is 42.0. The summed E-state index contributed by atoms with van der Waals surface area (Å²) in [7, 11) is 0. The van der Waals surface area contributed by atoms with Crippen molar-refractivity contribution in [1.29, 1.82) is 0 Å². The molecule has 2 heterocycles. The lowest BCUT2D eigenvalue weighted by molar-refractivity contribution is -0.0114. The molecule has 1 N–H and O–H groups in total. The Kier molecular flexibility index (Phi) is 3.97. The molecule has 0 saturated carbocycles. The molecular weight excluding hydrogens is 206 g/mol. The summed E-state index contributed by atoms with van der Waals surface area (Å²) in [6.07, 6.45) is 6.65. The molecular formula is C12H23NOS. The number of ether oxygens (including phenoxy) is 1. The van der Waals surface area contributed by atoms with Crippen molar-refractivity contribution in [2.24, 2.45) is 0 Å². The second-order valence-electron chi connectivity index (χ2n) is 4.87.